The lowest BCUT2D eigenvalue weighted by molar-refractivity contribution is 1.04. The number of benzene rings is 1. The summed E-state index contributed by atoms with van der Waals surface area (Å²) in [5.41, 5.74) is 10.1. The molecule has 0 amide bonds. The molecule has 2 rings (SSSR count). The lowest BCUT2D eigenvalue weighted by Crippen LogP contribution is -2.21. The number of nitrogen functional groups attached to an aromatic ring is 1. The van der Waals surface area contributed by atoms with Gasteiger partial charge in [0.1, 0.15) is 0 Å². The number of nitrogens with one attached hydrogen (secondary N) is 2. The molecule has 0 saturated carbocycles. The van der Waals surface area contributed by atoms with Crippen molar-refractivity contribution in [3.8, 4) is 0 Å². The first-order chi connectivity index (χ1) is 5.79. The summed E-state index contributed by atoms with van der Waals surface area (Å²) in [5.74, 6) is 0. The molecule has 0 aromatic heterocycles. The molecule has 0 saturated heterocycles. The van der Waals surface area contributed by atoms with Gasteiger partial charge >= 0.3 is 0 Å². The van der Waals surface area contributed by atoms with Crippen molar-refractivity contribution in [2.45, 2.75) is 6.92 Å². The summed E-state index contributed by atoms with van der Waals surface area (Å²) >= 11 is 0. The Bertz CT molecular complexity index is 307. The molecule has 3 heteroatoms. The summed E-state index contributed by atoms with van der Waals surface area (Å²) in [7, 11) is 0. The summed E-state index contributed by atoms with van der Waals surface area (Å²) < 4.78 is 0. The minimum absolute atomic E-state index is 0.852. The van der Waals surface area contributed by atoms with E-state index < -0.39 is 0 Å². The van der Waals surface area contributed by atoms with Crippen molar-refractivity contribution in [3.05, 3.63) is 17.7 Å². The molecule has 64 valence electrons. The van der Waals surface area contributed by atoms with Crippen molar-refractivity contribution >= 4 is 17.1 Å². The fourth-order valence-electron chi connectivity index (χ4n) is 1.49. The monoisotopic (exact) mass is 163 g/mol. The molecule has 1 aromatic carbocycles. The van der Waals surface area contributed by atoms with Crippen molar-refractivity contribution in [2.75, 3.05) is 29.5 Å². The Morgan fingerprint density at radius 2 is 2.00 bits per heavy atom. The first-order valence-electron chi connectivity index (χ1n) is 4.16. The van der Waals surface area contributed by atoms with E-state index in [4.69, 9.17) is 5.73 Å². The summed E-state index contributed by atoms with van der Waals surface area (Å²) in [6.07, 6.45) is 0. The Morgan fingerprint density at radius 1 is 1.25 bits per heavy atom. The van der Waals surface area contributed by atoms with Crippen LogP contribution in [0.4, 0.5) is 17.1 Å². The van der Waals surface area contributed by atoms with Gasteiger partial charge in [0.2, 0.25) is 0 Å². The molecule has 3 nitrogen and oxygen atoms in total. The molecule has 0 aliphatic carbocycles. The van der Waals surface area contributed by atoms with Crippen LogP contribution in [0, 0.1) is 6.92 Å². The van der Waals surface area contributed by atoms with Gasteiger partial charge in [0.05, 0.1) is 11.4 Å². The predicted octanol–water partition coefficient (Wildman–Crippen LogP) is 1.41. The lowest BCUT2D eigenvalue weighted by atomic mass is 10.1. The van der Waals surface area contributed by atoms with Gasteiger partial charge in [-0.1, -0.05) is 0 Å². The van der Waals surface area contributed by atoms with Crippen LogP contribution in [0.5, 0.6) is 0 Å². The van der Waals surface area contributed by atoms with E-state index in [0.717, 1.165) is 35.7 Å². The minimum Gasteiger partial charge on any atom is -0.398 e. The van der Waals surface area contributed by atoms with Gasteiger partial charge < -0.3 is 16.4 Å². The second-order valence-electron chi connectivity index (χ2n) is 3.06. The molecule has 1 heterocycles. The van der Waals surface area contributed by atoms with Crippen LogP contribution in [0.15, 0.2) is 12.1 Å². The van der Waals surface area contributed by atoms with Gasteiger partial charge in [0.25, 0.3) is 0 Å². The Labute approximate surface area is 72.0 Å². The van der Waals surface area contributed by atoms with Crippen LogP contribution < -0.4 is 16.4 Å². The largest absolute Gasteiger partial charge is 0.398 e. The number of rotatable bonds is 0. The fourth-order valence-corrected chi connectivity index (χ4v) is 1.49. The van der Waals surface area contributed by atoms with E-state index in [1.54, 1.807) is 0 Å². The van der Waals surface area contributed by atoms with Crippen LogP contribution in [-0.4, -0.2) is 13.1 Å². The van der Waals surface area contributed by atoms with Crippen LogP contribution in [0.3, 0.4) is 0 Å². The van der Waals surface area contributed by atoms with Crippen molar-refractivity contribution in [1.29, 1.82) is 0 Å². The highest BCUT2D eigenvalue weighted by atomic mass is 15.0. The molecule has 1 aromatic rings. The standard InChI is InChI=1S/C9H13N3/c1-6-7(10)2-3-8-9(6)12-5-4-11-8/h2-3,11-12H,4-5,10H2,1H3. The van der Waals surface area contributed by atoms with Crippen LogP contribution in [0.2, 0.25) is 0 Å². The van der Waals surface area contributed by atoms with Gasteiger partial charge in [-0.2, -0.15) is 0 Å². The Balaban J connectivity index is 2.54. The zero-order valence-electron chi connectivity index (χ0n) is 7.15. The third kappa shape index (κ3) is 0.978. The van der Waals surface area contributed by atoms with E-state index in [1.165, 1.54) is 0 Å². The molecule has 1 aliphatic heterocycles. The predicted molar refractivity (Wildman–Crippen MR) is 52.6 cm³/mol. The van der Waals surface area contributed by atoms with Gasteiger partial charge in [-0.05, 0) is 24.6 Å². The van der Waals surface area contributed by atoms with E-state index in [1.807, 2.05) is 19.1 Å². The highest BCUT2D eigenvalue weighted by Gasteiger charge is 2.10. The third-order valence-corrected chi connectivity index (χ3v) is 2.25. The van der Waals surface area contributed by atoms with Crippen LogP contribution in [0.1, 0.15) is 5.56 Å². The number of nitrogens with two attached hydrogens (primary N) is 1. The zero-order valence-corrected chi connectivity index (χ0v) is 7.15. The SMILES string of the molecule is Cc1c(N)ccc2c1NCCN2. The van der Waals surface area contributed by atoms with Gasteiger partial charge in [-0.3, -0.25) is 0 Å². The van der Waals surface area contributed by atoms with Crippen molar-refractivity contribution < 1.29 is 0 Å². The number of fused-ring (bicyclic) bond motifs is 1. The zero-order chi connectivity index (χ0) is 8.55. The van der Waals surface area contributed by atoms with Gasteiger partial charge in [0.15, 0.2) is 0 Å². The molecule has 0 spiro atoms. The van der Waals surface area contributed by atoms with Crippen molar-refractivity contribution in [3.63, 3.8) is 0 Å². The molecule has 4 N–H and O–H groups in total. The van der Waals surface area contributed by atoms with E-state index >= 15 is 0 Å². The molecular formula is C9H13N3. The third-order valence-electron chi connectivity index (χ3n) is 2.25. The Hall–Kier alpha value is -1.38. The van der Waals surface area contributed by atoms with Gasteiger partial charge in [-0.25, -0.2) is 0 Å². The quantitative estimate of drug-likeness (QED) is 0.507. The Kier molecular flexibility index (Phi) is 1.57. The van der Waals surface area contributed by atoms with Crippen LogP contribution >= 0.6 is 0 Å². The van der Waals surface area contributed by atoms with Gasteiger partial charge in [-0.15, -0.1) is 0 Å². The molecule has 1 aliphatic rings. The molecular weight excluding hydrogens is 150 g/mol. The fraction of sp³-hybridized carbons (Fsp3) is 0.333. The Morgan fingerprint density at radius 3 is 2.83 bits per heavy atom. The van der Waals surface area contributed by atoms with E-state index in [9.17, 15) is 0 Å². The number of hydrogen-bond donors (Lipinski definition) is 3. The molecule has 0 fully saturated rings. The smallest absolute Gasteiger partial charge is 0.0627 e. The van der Waals surface area contributed by atoms with Crippen molar-refractivity contribution in [2.24, 2.45) is 0 Å². The highest BCUT2D eigenvalue weighted by molar-refractivity contribution is 5.79. The second kappa shape index (κ2) is 2.59. The molecule has 0 unspecified atom stereocenters. The van der Waals surface area contributed by atoms with Crippen molar-refractivity contribution in [1.82, 2.24) is 0 Å². The summed E-state index contributed by atoms with van der Waals surface area (Å²) in [4.78, 5) is 0. The normalized spacial score (nSPS) is 14.4. The van der Waals surface area contributed by atoms with E-state index in [-0.39, 0.29) is 0 Å². The summed E-state index contributed by atoms with van der Waals surface area (Å²) in [5, 5.41) is 6.64. The molecule has 0 radical (unpaired) electrons. The maximum atomic E-state index is 5.78. The summed E-state index contributed by atoms with van der Waals surface area (Å²) in [6.45, 7) is 3.99. The maximum absolute atomic E-state index is 5.78. The molecule has 0 bridgehead atoms. The first-order valence-corrected chi connectivity index (χ1v) is 4.16. The maximum Gasteiger partial charge on any atom is 0.0627 e. The summed E-state index contributed by atoms with van der Waals surface area (Å²) in [6, 6.07) is 3.96. The number of anilines is 3. The number of hydrogen-bond acceptors (Lipinski definition) is 3. The van der Waals surface area contributed by atoms with E-state index in [2.05, 4.69) is 10.6 Å². The second-order valence-corrected chi connectivity index (χ2v) is 3.06. The highest BCUT2D eigenvalue weighted by Crippen LogP contribution is 2.31. The van der Waals surface area contributed by atoms with Gasteiger partial charge in [0, 0.05) is 18.8 Å². The first kappa shape index (κ1) is 7.28. The average Bonchev–Trinajstić information content (AvgIpc) is 2.12. The molecule has 0 atom stereocenters. The molecule has 12 heavy (non-hydrogen) atoms. The topological polar surface area (TPSA) is 50.1 Å². The minimum atomic E-state index is 0.852. The average molecular weight is 163 g/mol. The van der Waals surface area contributed by atoms with Crippen LogP contribution in [0.25, 0.3) is 0 Å². The van der Waals surface area contributed by atoms with Crippen LogP contribution in [-0.2, 0) is 0 Å². The lowest BCUT2D eigenvalue weighted by Gasteiger charge is -2.22. The van der Waals surface area contributed by atoms with E-state index in [0.29, 0.717) is 0 Å².